The second-order valence-electron chi connectivity index (χ2n) is 1.83. The standard InChI is InChI=1S/C6H7BrN2/c1-9-5(7)3-2-4-6(9)8/h2-4,8H,1H3/p+1. The predicted octanol–water partition coefficient (Wildman–Crippen LogP) is 0.856. The fourth-order valence-corrected chi connectivity index (χ4v) is 0.930. The summed E-state index contributed by atoms with van der Waals surface area (Å²) in [6.07, 6.45) is 0. The van der Waals surface area contributed by atoms with E-state index >= 15 is 0 Å². The van der Waals surface area contributed by atoms with Gasteiger partial charge in [-0.3, -0.25) is 5.73 Å². The number of hydrogen-bond donors (Lipinski definition) is 1. The highest BCUT2D eigenvalue weighted by Crippen LogP contribution is 2.03. The number of nitrogen functional groups attached to an aromatic ring is 1. The van der Waals surface area contributed by atoms with Crippen molar-refractivity contribution in [2.24, 2.45) is 7.05 Å². The minimum atomic E-state index is 0.754. The Morgan fingerprint density at radius 3 is 2.67 bits per heavy atom. The molecular weight excluding hydrogens is 180 g/mol. The Bertz CT molecular complexity index is 202. The molecule has 0 spiro atoms. The predicted molar refractivity (Wildman–Crippen MR) is 39.7 cm³/mol. The van der Waals surface area contributed by atoms with Crippen LogP contribution in [0.3, 0.4) is 0 Å². The van der Waals surface area contributed by atoms with Crippen molar-refractivity contribution in [3.8, 4) is 0 Å². The number of halogens is 1. The number of nitrogens with two attached hydrogens (primary N) is 1. The van der Waals surface area contributed by atoms with E-state index in [2.05, 4.69) is 15.9 Å². The van der Waals surface area contributed by atoms with Gasteiger partial charge in [-0.1, -0.05) is 0 Å². The molecule has 0 amide bonds. The second kappa shape index (κ2) is 2.35. The number of pyridine rings is 1. The summed E-state index contributed by atoms with van der Waals surface area (Å²) in [5.74, 6) is 0.754. The molecule has 0 fully saturated rings. The van der Waals surface area contributed by atoms with Crippen LogP contribution < -0.4 is 10.3 Å². The van der Waals surface area contributed by atoms with E-state index in [1.165, 1.54) is 0 Å². The average Bonchev–Trinajstić information content (AvgIpc) is 1.83. The molecule has 2 N–H and O–H groups in total. The SMILES string of the molecule is C[n+]1c(N)cccc1Br. The summed E-state index contributed by atoms with van der Waals surface area (Å²) in [6.45, 7) is 0. The van der Waals surface area contributed by atoms with E-state index < -0.39 is 0 Å². The molecule has 0 bridgehead atoms. The van der Waals surface area contributed by atoms with Crippen LogP contribution in [0.15, 0.2) is 22.8 Å². The molecule has 0 saturated heterocycles. The van der Waals surface area contributed by atoms with Gasteiger partial charge in [-0.05, 0) is 28.1 Å². The first-order valence-electron chi connectivity index (χ1n) is 2.62. The molecule has 1 heterocycles. The van der Waals surface area contributed by atoms with Crippen molar-refractivity contribution in [1.82, 2.24) is 0 Å². The maximum Gasteiger partial charge on any atom is 0.272 e. The Balaban J connectivity index is 3.25. The highest BCUT2D eigenvalue weighted by Gasteiger charge is 1.99. The van der Waals surface area contributed by atoms with Crippen molar-refractivity contribution < 1.29 is 4.57 Å². The van der Waals surface area contributed by atoms with Gasteiger partial charge >= 0.3 is 0 Å². The van der Waals surface area contributed by atoms with Crippen LogP contribution in [0.25, 0.3) is 0 Å². The molecule has 0 atom stereocenters. The van der Waals surface area contributed by atoms with E-state index in [1.807, 2.05) is 29.8 Å². The molecular formula is C6H8BrN2+. The molecule has 9 heavy (non-hydrogen) atoms. The zero-order chi connectivity index (χ0) is 6.85. The lowest BCUT2D eigenvalue weighted by molar-refractivity contribution is -0.668. The summed E-state index contributed by atoms with van der Waals surface area (Å²) in [4.78, 5) is 0. The smallest absolute Gasteiger partial charge is 0.272 e. The van der Waals surface area contributed by atoms with Gasteiger partial charge in [-0.25, -0.2) is 4.57 Å². The van der Waals surface area contributed by atoms with Gasteiger partial charge in [0.15, 0.2) is 4.60 Å². The Morgan fingerprint density at radius 2 is 2.22 bits per heavy atom. The topological polar surface area (TPSA) is 29.9 Å². The molecule has 48 valence electrons. The molecule has 0 aliphatic heterocycles. The fraction of sp³-hybridized carbons (Fsp3) is 0.167. The van der Waals surface area contributed by atoms with Gasteiger partial charge in [0.25, 0.3) is 5.82 Å². The van der Waals surface area contributed by atoms with E-state index in [9.17, 15) is 0 Å². The Morgan fingerprint density at radius 1 is 1.56 bits per heavy atom. The Kier molecular flexibility index (Phi) is 1.71. The normalized spacial score (nSPS) is 9.56. The number of anilines is 1. The molecule has 1 rings (SSSR count). The largest absolute Gasteiger partial charge is 0.287 e. The molecule has 0 aromatic carbocycles. The van der Waals surface area contributed by atoms with Crippen LogP contribution in [-0.2, 0) is 7.05 Å². The molecule has 0 unspecified atom stereocenters. The van der Waals surface area contributed by atoms with E-state index in [0.29, 0.717) is 0 Å². The fourth-order valence-electron chi connectivity index (χ4n) is 0.573. The first kappa shape index (κ1) is 6.55. The van der Waals surface area contributed by atoms with E-state index in [1.54, 1.807) is 0 Å². The monoisotopic (exact) mass is 187 g/mol. The summed E-state index contributed by atoms with van der Waals surface area (Å²) in [7, 11) is 1.90. The minimum absolute atomic E-state index is 0.754. The summed E-state index contributed by atoms with van der Waals surface area (Å²) >= 11 is 3.33. The van der Waals surface area contributed by atoms with Crippen LogP contribution in [0.5, 0.6) is 0 Å². The zero-order valence-corrected chi connectivity index (χ0v) is 6.72. The van der Waals surface area contributed by atoms with E-state index in [-0.39, 0.29) is 0 Å². The van der Waals surface area contributed by atoms with E-state index in [0.717, 1.165) is 10.4 Å². The minimum Gasteiger partial charge on any atom is -0.287 e. The maximum absolute atomic E-state index is 5.55. The van der Waals surface area contributed by atoms with Gasteiger partial charge in [-0.2, -0.15) is 0 Å². The molecule has 0 radical (unpaired) electrons. The van der Waals surface area contributed by atoms with Crippen LogP contribution in [-0.4, -0.2) is 0 Å². The highest BCUT2D eigenvalue weighted by molar-refractivity contribution is 9.10. The van der Waals surface area contributed by atoms with Gasteiger partial charge in [0.1, 0.15) is 0 Å². The Hall–Kier alpha value is -0.570. The van der Waals surface area contributed by atoms with Crippen LogP contribution in [0.4, 0.5) is 5.82 Å². The van der Waals surface area contributed by atoms with Crippen LogP contribution in [0, 0.1) is 0 Å². The molecule has 0 aliphatic carbocycles. The van der Waals surface area contributed by atoms with E-state index in [4.69, 9.17) is 5.73 Å². The molecule has 1 aromatic rings. The van der Waals surface area contributed by atoms with Crippen molar-refractivity contribution >= 4 is 21.7 Å². The van der Waals surface area contributed by atoms with Crippen molar-refractivity contribution in [2.75, 3.05) is 5.73 Å². The van der Waals surface area contributed by atoms with Gasteiger partial charge in [-0.15, -0.1) is 0 Å². The Labute approximate surface area is 62.4 Å². The average molecular weight is 188 g/mol. The third-order valence-corrected chi connectivity index (χ3v) is 2.00. The third-order valence-electron chi connectivity index (χ3n) is 1.21. The highest BCUT2D eigenvalue weighted by atomic mass is 79.9. The molecule has 0 aliphatic rings. The number of rotatable bonds is 0. The van der Waals surface area contributed by atoms with Crippen molar-refractivity contribution in [3.05, 3.63) is 22.8 Å². The van der Waals surface area contributed by atoms with Gasteiger partial charge in [0.2, 0.25) is 0 Å². The molecule has 0 saturated carbocycles. The van der Waals surface area contributed by atoms with Crippen molar-refractivity contribution in [1.29, 1.82) is 0 Å². The number of hydrogen-bond acceptors (Lipinski definition) is 1. The summed E-state index contributed by atoms with van der Waals surface area (Å²) < 4.78 is 2.85. The van der Waals surface area contributed by atoms with Crippen molar-refractivity contribution in [3.63, 3.8) is 0 Å². The van der Waals surface area contributed by atoms with Gasteiger partial charge in [0.05, 0.1) is 7.05 Å². The van der Waals surface area contributed by atoms with Gasteiger partial charge < -0.3 is 0 Å². The summed E-state index contributed by atoms with van der Waals surface area (Å²) in [5, 5.41) is 0. The zero-order valence-electron chi connectivity index (χ0n) is 5.13. The number of nitrogens with zero attached hydrogens (tertiary/aromatic N) is 1. The molecule has 1 aromatic heterocycles. The summed E-state index contributed by atoms with van der Waals surface area (Å²) in [5.41, 5.74) is 5.55. The lowest BCUT2D eigenvalue weighted by Crippen LogP contribution is -2.33. The van der Waals surface area contributed by atoms with Crippen LogP contribution >= 0.6 is 15.9 Å². The van der Waals surface area contributed by atoms with Gasteiger partial charge in [0, 0.05) is 6.07 Å². The second-order valence-corrected chi connectivity index (χ2v) is 2.64. The van der Waals surface area contributed by atoms with Crippen molar-refractivity contribution in [2.45, 2.75) is 0 Å². The molecule has 3 heteroatoms. The third kappa shape index (κ3) is 1.21. The first-order valence-corrected chi connectivity index (χ1v) is 3.41. The first-order chi connectivity index (χ1) is 4.22. The van der Waals surface area contributed by atoms with Crippen LogP contribution in [0.2, 0.25) is 0 Å². The lowest BCUT2D eigenvalue weighted by atomic mass is 10.4. The lowest BCUT2D eigenvalue weighted by Gasteiger charge is -1.95. The molecule has 2 nitrogen and oxygen atoms in total. The quantitative estimate of drug-likeness (QED) is 0.474. The van der Waals surface area contributed by atoms with Crippen LogP contribution in [0.1, 0.15) is 0 Å². The number of aromatic nitrogens is 1. The summed E-state index contributed by atoms with van der Waals surface area (Å²) in [6, 6.07) is 5.69. The maximum atomic E-state index is 5.55.